The summed E-state index contributed by atoms with van der Waals surface area (Å²) < 4.78 is 10.9. The van der Waals surface area contributed by atoms with Crippen molar-refractivity contribution >= 4 is 16.6 Å². The number of para-hydroxylation sites is 1. The van der Waals surface area contributed by atoms with Crippen LogP contribution in [0.2, 0.25) is 0 Å². The van der Waals surface area contributed by atoms with E-state index in [0.29, 0.717) is 23.6 Å². The van der Waals surface area contributed by atoms with Crippen LogP contribution in [0.15, 0.2) is 36.5 Å². The van der Waals surface area contributed by atoms with Crippen molar-refractivity contribution < 1.29 is 9.47 Å². The second-order valence-electron chi connectivity index (χ2n) is 6.14. The highest BCUT2D eigenvalue weighted by molar-refractivity contribution is 5.96. The molecule has 132 valence electrons. The first-order chi connectivity index (χ1) is 12.6. The standard InChI is InChI=1S/C21H21N3O2/c1-13-8-14(2)19-17(9-13)20(16(10-22)12-23-19)24-11-15-6-5-7-18(25-3)21(15)26-4/h5-9,12H,11H2,1-4H3,(H,23,24). The summed E-state index contributed by atoms with van der Waals surface area (Å²) in [6, 6.07) is 12.1. The molecule has 1 N–H and O–H groups in total. The van der Waals surface area contributed by atoms with E-state index in [4.69, 9.17) is 9.47 Å². The lowest BCUT2D eigenvalue weighted by Crippen LogP contribution is -2.05. The van der Waals surface area contributed by atoms with Crippen LogP contribution in [0.3, 0.4) is 0 Å². The Morgan fingerprint density at radius 2 is 1.96 bits per heavy atom. The van der Waals surface area contributed by atoms with Gasteiger partial charge in [0, 0.05) is 23.7 Å². The summed E-state index contributed by atoms with van der Waals surface area (Å²) >= 11 is 0. The van der Waals surface area contributed by atoms with E-state index in [2.05, 4.69) is 28.5 Å². The molecular formula is C21H21N3O2. The Balaban J connectivity index is 2.06. The molecule has 3 aromatic rings. The van der Waals surface area contributed by atoms with Gasteiger partial charge in [0.25, 0.3) is 0 Å². The molecule has 0 bridgehead atoms. The van der Waals surface area contributed by atoms with Crippen LogP contribution in [0.25, 0.3) is 10.9 Å². The number of nitriles is 1. The van der Waals surface area contributed by atoms with Crippen LogP contribution in [-0.4, -0.2) is 19.2 Å². The maximum Gasteiger partial charge on any atom is 0.165 e. The Bertz CT molecular complexity index is 1010. The molecule has 1 aromatic heterocycles. The summed E-state index contributed by atoms with van der Waals surface area (Å²) in [6.07, 6.45) is 1.62. The smallest absolute Gasteiger partial charge is 0.165 e. The van der Waals surface area contributed by atoms with Crippen molar-refractivity contribution in [1.29, 1.82) is 5.26 Å². The highest BCUT2D eigenvalue weighted by atomic mass is 16.5. The maximum absolute atomic E-state index is 9.52. The van der Waals surface area contributed by atoms with Crippen LogP contribution >= 0.6 is 0 Å². The molecule has 0 aliphatic carbocycles. The first-order valence-corrected chi connectivity index (χ1v) is 8.32. The number of nitrogens with zero attached hydrogens (tertiary/aromatic N) is 2. The third kappa shape index (κ3) is 3.14. The van der Waals surface area contributed by atoms with Crippen molar-refractivity contribution in [3.8, 4) is 17.6 Å². The molecule has 5 heteroatoms. The third-order valence-corrected chi connectivity index (χ3v) is 4.37. The molecule has 0 spiro atoms. The minimum absolute atomic E-state index is 0.501. The van der Waals surface area contributed by atoms with Gasteiger partial charge >= 0.3 is 0 Å². The van der Waals surface area contributed by atoms with E-state index >= 15 is 0 Å². The van der Waals surface area contributed by atoms with Crippen molar-refractivity contribution in [2.24, 2.45) is 0 Å². The predicted octanol–water partition coefficient (Wildman–Crippen LogP) is 4.35. The number of pyridine rings is 1. The third-order valence-electron chi connectivity index (χ3n) is 4.37. The van der Waals surface area contributed by atoms with E-state index in [0.717, 1.165) is 33.3 Å². The second kappa shape index (κ2) is 7.32. The number of aryl methyl sites for hydroxylation is 2. The van der Waals surface area contributed by atoms with Gasteiger partial charge in [-0.05, 0) is 31.5 Å². The highest BCUT2D eigenvalue weighted by Crippen LogP contribution is 2.33. The molecule has 0 unspecified atom stereocenters. The van der Waals surface area contributed by atoms with Crippen molar-refractivity contribution in [2.45, 2.75) is 20.4 Å². The first-order valence-electron chi connectivity index (χ1n) is 8.32. The molecule has 26 heavy (non-hydrogen) atoms. The molecule has 1 heterocycles. The molecule has 0 radical (unpaired) electrons. The lowest BCUT2D eigenvalue weighted by molar-refractivity contribution is 0.352. The van der Waals surface area contributed by atoms with E-state index in [9.17, 15) is 5.26 Å². The maximum atomic E-state index is 9.52. The fourth-order valence-corrected chi connectivity index (χ4v) is 3.21. The number of fused-ring (bicyclic) bond motifs is 1. The van der Waals surface area contributed by atoms with Crippen LogP contribution in [0, 0.1) is 25.2 Å². The highest BCUT2D eigenvalue weighted by Gasteiger charge is 2.13. The molecule has 0 fully saturated rings. The lowest BCUT2D eigenvalue weighted by Gasteiger charge is -2.16. The number of rotatable bonds is 5. The zero-order valence-electron chi connectivity index (χ0n) is 15.4. The number of nitrogens with one attached hydrogen (secondary N) is 1. The Morgan fingerprint density at radius 3 is 2.65 bits per heavy atom. The predicted molar refractivity (Wildman–Crippen MR) is 103 cm³/mol. The summed E-state index contributed by atoms with van der Waals surface area (Å²) in [5.74, 6) is 1.37. The van der Waals surface area contributed by atoms with Gasteiger partial charge in [-0.2, -0.15) is 5.26 Å². The van der Waals surface area contributed by atoms with Crippen molar-refractivity contribution in [2.75, 3.05) is 19.5 Å². The Morgan fingerprint density at radius 1 is 1.15 bits per heavy atom. The molecule has 0 saturated carbocycles. The molecule has 0 aliphatic heterocycles. The molecule has 3 rings (SSSR count). The summed E-state index contributed by atoms with van der Waals surface area (Å²) in [5, 5.41) is 13.9. The Labute approximate surface area is 153 Å². The number of aromatic nitrogens is 1. The molecule has 0 atom stereocenters. The summed E-state index contributed by atoms with van der Waals surface area (Å²) in [5.41, 5.74) is 5.37. The lowest BCUT2D eigenvalue weighted by atomic mass is 10.0. The van der Waals surface area contributed by atoms with Gasteiger partial charge in [0.05, 0.1) is 31.0 Å². The number of hydrogen-bond donors (Lipinski definition) is 1. The van der Waals surface area contributed by atoms with Gasteiger partial charge in [0.1, 0.15) is 6.07 Å². The average Bonchev–Trinajstić information content (AvgIpc) is 2.65. The van der Waals surface area contributed by atoms with Crippen molar-refractivity contribution in [3.05, 3.63) is 58.8 Å². The summed E-state index contributed by atoms with van der Waals surface area (Å²) in [6.45, 7) is 4.57. The van der Waals surface area contributed by atoms with Gasteiger partial charge < -0.3 is 14.8 Å². The second-order valence-corrected chi connectivity index (χ2v) is 6.14. The average molecular weight is 347 g/mol. The summed E-state index contributed by atoms with van der Waals surface area (Å²) in [7, 11) is 3.24. The fraction of sp³-hybridized carbons (Fsp3) is 0.238. The van der Waals surface area contributed by atoms with Gasteiger partial charge in [-0.1, -0.05) is 23.8 Å². The van der Waals surface area contributed by atoms with Crippen LogP contribution in [0.4, 0.5) is 5.69 Å². The first kappa shape index (κ1) is 17.6. The SMILES string of the molecule is COc1cccc(CNc2c(C#N)cnc3c(C)cc(C)cc23)c1OC. The van der Waals surface area contributed by atoms with Crippen molar-refractivity contribution in [1.82, 2.24) is 4.98 Å². The number of methoxy groups -OCH3 is 2. The van der Waals surface area contributed by atoms with Crippen molar-refractivity contribution in [3.63, 3.8) is 0 Å². The largest absolute Gasteiger partial charge is 0.493 e. The zero-order chi connectivity index (χ0) is 18.7. The monoisotopic (exact) mass is 347 g/mol. The van der Waals surface area contributed by atoms with Crippen LogP contribution in [0.1, 0.15) is 22.3 Å². The van der Waals surface area contributed by atoms with E-state index in [1.54, 1.807) is 20.4 Å². The van der Waals surface area contributed by atoms with Crippen LogP contribution in [-0.2, 0) is 6.54 Å². The van der Waals surface area contributed by atoms with E-state index in [-0.39, 0.29) is 0 Å². The molecule has 2 aromatic carbocycles. The summed E-state index contributed by atoms with van der Waals surface area (Å²) in [4.78, 5) is 4.46. The molecule has 0 saturated heterocycles. The zero-order valence-corrected chi connectivity index (χ0v) is 15.4. The molecule has 5 nitrogen and oxygen atoms in total. The minimum atomic E-state index is 0.501. The van der Waals surface area contributed by atoms with Crippen LogP contribution in [0.5, 0.6) is 11.5 Å². The molecule has 0 amide bonds. The normalized spacial score (nSPS) is 10.4. The van der Waals surface area contributed by atoms with Gasteiger partial charge in [0.15, 0.2) is 11.5 Å². The van der Waals surface area contributed by atoms with Gasteiger partial charge in [-0.15, -0.1) is 0 Å². The topological polar surface area (TPSA) is 67.2 Å². The van der Waals surface area contributed by atoms with E-state index < -0.39 is 0 Å². The van der Waals surface area contributed by atoms with E-state index in [1.807, 2.05) is 32.0 Å². The molecular weight excluding hydrogens is 326 g/mol. The van der Waals surface area contributed by atoms with Gasteiger partial charge in [-0.3, -0.25) is 4.98 Å². The Kier molecular flexibility index (Phi) is 4.94. The van der Waals surface area contributed by atoms with E-state index in [1.165, 1.54) is 0 Å². The quantitative estimate of drug-likeness (QED) is 0.743. The van der Waals surface area contributed by atoms with Gasteiger partial charge in [0.2, 0.25) is 0 Å². The van der Waals surface area contributed by atoms with Gasteiger partial charge in [-0.25, -0.2) is 0 Å². The molecule has 0 aliphatic rings. The van der Waals surface area contributed by atoms with Crippen LogP contribution < -0.4 is 14.8 Å². The minimum Gasteiger partial charge on any atom is -0.493 e. The Hall–Kier alpha value is -3.26. The number of ether oxygens (including phenoxy) is 2. The number of hydrogen-bond acceptors (Lipinski definition) is 5. The number of benzene rings is 2. The number of anilines is 1. The fourth-order valence-electron chi connectivity index (χ4n) is 3.21.